The van der Waals surface area contributed by atoms with E-state index in [1.165, 1.54) is 0 Å². The lowest BCUT2D eigenvalue weighted by Gasteiger charge is -2.24. The molecule has 0 bridgehead atoms. The average molecular weight is 220 g/mol. The van der Waals surface area contributed by atoms with Crippen molar-refractivity contribution in [1.82, 2.24) is 0 Å². The van der Waals surface area contributed by atoms with Crippen LogP contribution in [0.2, 0.25) is 0 Å². The topological polar surface area (TPSA) is 46.3 Å². The molecule has 0 radical (unpaired) electrons. The van der Waals surface area contributed by atoms with E-state index >= 15 is 0 Å². The predicted molar refractivity (Wildman–Crippen MR) is 67.4 cm³/mol. The highest BCUT2D eigenvalue weighted by molar-refractivity contribution is 5.74. The molecule has 0 aliphatic rings. The normalized spacial score (nSPS) is 10.1. The zero-order chi connectivity index (χ0) is 11.8. The van der Waals surface area contributed by atoms with Gasteiger partial charge in [-0.1, -0.05) is 31.5 Å². The SMILES string of the molecule is CCCCN(CCC(N)=O)c1ccccc1. The first kappa shape index (κ1) is 12.6. The van der Waals surface area contributed by atoms with Crippen LogP contribution in [0, 0.1) is 0 Å². The average Bonchev–Trinajstić information content (AvgIpc) is 2.30. The molecule has 0 heterocycles. The summed E-state index contributed by atoms with van der Waals surface area (Å²) in [6.45, 7) is 3.85. The van der Waals surface area contributed by atoms with Gasteiger partial charge in [0.2, 0.25) is 5.91 Å². The molecule has 0 fully saturated rings. The van der Waals surface area contributed by atoms with Crippen molar-refractivity contribution in [3.63, 3.8) is 0 Å². The van der Waals surface area contributed by atoms with Crippen LogP contribution in [0.4, 0.5) is 5.69 Å². The van der Waals surface area contributed by atoms with E-state index < -0.39 is 0 Å². The fraction of sp³-hybridized carbons (Fsp3) is 0.462. The predicted octanol–water partition coefficient (Wildman–Crippen LogP) is 2.17. The van der Waals surface area contributed by atoms with Crippen LogP contribution >= 0.6 is 0 Å². The Hall–Kier alpha value is -1.51. The number of carbonyl (C=O) groups is 1. The van der Waals surface area contributed by atoms with Crippen LogP contribution in [0.3, 0.4) is 0 Å². The highest BCUT2D eigenvalue weighted by atomic mass is 16.1. The van der Waals surface area contributed by atoms with E-state index in [2.05, 4.69) is 24.0 Å². The molecule has 0 saturated heterocycles. The lowest BCUT2D eigenvalue weighted by Crippen LogP contribution is -2.28. The van der Waals surface area contributed by atoms with E-state index in [1.54, 1.807) is 0 Å². The van der Waals surface area contributed by atoms with E-state index in [0.29, 0.717) is 13.0 Å². The van der Waals surface area contributed by atoms with Gasteiger partial charge in [0, 0.05) is 25.2 Å². The number of nitrogens with two attached hydrogens (primary N) is 1. The molecule has 0 saturated carbocycles. The number of nitrogens with zero attached hydrogens (tertiary/aromatic N) is 1. The molecule has 0 aromatic heterocycles. The van der Waals surface area contributed by atoms with Gasteiger partial charge in [-0.05, 0) is 18.6 Å². The zero-order valence-electron chi connectivity index (χ0n) is 9.86. The Bertz CT molecular complexity index is 311. The van der Waals surface area contributed by atoms with E-state index in [9.17, 15) is 4.79 Å². The number of carbonyl (C=O) groups excluding carboxylic acids is 1. The van der Waals surface area contributed by atoms with Crippen molar-refractivity contribution in [3.8, 4) is 0 Å². The van der Waals surface area contributed by atoms with Gasteiger partial charge in [0.15, 0.2) is 0 Å². The quantitative estimate of drug-likeness (QED) is 0.765. The summed E-state index contributed by atoms with van der Waals surface area (Å²) < 4.78 is 0. The van der Waals surface area contributed by atoms with Crippen molar-refractivity contribution in [1.29, 1.82) is 0 Å². The second-order valence-corrected chi connectivity index (χ2v) is 3.89. The summed E-state index contributed by atoms with van der Waals surface area (Å²) in [7, 11) is 0. The minimum atomic E-state index is -0.238. The van der Waals surface area contributed by atoms with Gasteiger partial charge in [-0.15, -0.1) is 0 Å². The van der Waals surface area contributed by atoms with Crippen molar-refractivity contribution in [2.24, 2.45) is 5.73 Å². The van der Waals surface area contributed by atoms with E-state index in [0.717, 1.165) is 25.1 Å². The number of benzene rings is 1. The monoisotopic (exact) mass is 220 g/mol. The van der Waals surface area contributed by atoms with Crippen LogP contribution in [0.15, 0.2) is 30.3 Å². The molecular formula is C13H20N2O. The van der Waals surface area contributed by atoms with E-state index in [1.807, 2.05) is 18.2 Å². The second-order valence-electron chi connectivity index (χ2n) is 3.89. The highest BCUT2D eigenvalue weighted by Crippen LogP contribution is 2.14. The van der Waals surface area contributed by atoms with Crippen molar-refractivity contribution in [2.75, 3.05) is 18.0 Å². The summed E-state index contributed by atoms with van der Waals surface area (Å²) in [5.74, 6) is -0.238. The maximum atomic E-state index is 10.8. The maximum Gasteiger partial charge on any atom is 0.219 e. The highest BCUT2D eigenvalue weighted by Gasteiger charge is 2.06. The van der Waals surface area contributed by atoms with Crippen LogP contribution in [-0.4, -0.2) is 19.0 Å². The fourth-order valence-electron chi connectivity index (χ4n) is 1.60. The Balaban J connectivity index is 2.59. The number of rotatable bonds is 7. The molecule has 0 spiro atoms. The van der Waals surface area contributed by atoms with Gasteiger partial charge >= 0.3 is 0 Å². The Kier molecular flexibility index (Phi) is 5.40. The summed E-state index contributed by atoms with van der Waals surface area (Å²) in [5, 5.41) is 0. The minimum absolute atomic E-state index is 0.238. The molecule has 16 heavy (non-hydrogen) atoms. The first-order valence-corrected chi connectivity index (χ1v) is 5.82. The van der Waals surface area contributed by atoms with Gasteiger partial charge < -0.3 is 10.6 Å². The molecule has 0 aliphatic carbocycles. The molecule has 2 N–H and O–H groups in total. The van der Waals surface area contributed by atoms with Crippen molar-refractivity contribution >= 4 is 11.6 Å². The lowest BCUT2D eigenvalue weighted by atomic mass is 10.2. The number of para-hydroxylation sites is 1. The van der Waals surface area contributed by atoms with Crippen LogP contribution < -0.4 is 10.6 Å². The maximum absolute atomic E-state index is 10.8. The number of unbranched alkanes of at least 4 members (excludes halogenated alkanes) is 1. The molecule has 0 aliphatic heterocycles. The summed E-state index contributed by atoms with van der Waals surface area (Å²) >= 11 is 0. The second kappa shape index (κ2) is 6.88. The Morgan fingerprint density at radius 3 is 2.50 bits per heavy atom. The molecule has 1 rings (SSSR count). The van der Waals surface area contributed by atoms with Gasteiger partial charge in [0.25, 0.3) is 0 Å². The third kappa shape index (κ3) is 4.34. The number of anilines is 1. The molecule has 3 nitrogen and oxygen atoms in total. The van der Waals surface area contributed by atoms with E-state index in [4.69, 9.17) is 5.73 Å². The van der Waals surface area contributed by atoms with Gasteiger partial charge in [0.1, 0.15) is 0 Å². The number of hydrogen-bond acceptors (Lipinski definition) is 2. The zero-order valence-corrected chi connectivity index (χ0v) is 9.86. The molecule has 1 aromatic carbocycles. The Morgan fingerprint density at radius 1 is 1.25 bits per heavy atom. The van der Waals surface area contributed by atoms with Crippen molar-refractivity contribution in [2.45, 2.75) is 26.2 Å². The third-order valence-corrected chi connectivity index (χ3v) is 2.53. The summed E-state index contributed by atoms with van der Waals surface area (Å²) in [4.78, 5) is 13.0. The van der Waals surface area contributed by atoms with E-state index in [-0.39, 0.29) is 5.91 Å². The van der Waals surface area contributed by atoms with Crippen LogP contribution in [0.1, 0.15) is 26.2 Å². The first-order valence-electron chi connectivity index (χ1n) is 5.82. The Labute approximate surface area is 97.2 Å². The van der Waals surface area contributed by atoms with Gasteiger partial charge in [0.05, 0.1) is 0 Å². The summed E-state index contributed by atoms with van der Waals surface area (Å²) in [6.07, 6.45) is 2.70. The minimum Gasteiger partial charge on any atom is -0.371 e. The molecule has 1 aromatic rings. The smallest absolute Gasteiger partial charge is 0.219 e. The van der Waals surface area contributed by atoms with Crippen molar-refractivity contribution < 1.29 is 4.79 Å². The number of amides is 1. The molecule has 88 valence electrons. The number of hydrogen-bond donors (Lipinski definition) is 1. The lowest BCUT2D eigenvalue weighted by molar-refractivity contribution is -0.117. The Morgan fingerprint density at radius 2 is 1.94 bits per heavy atom. The van der Waals surface area contributed by atoms with Crippen LogP contribution in [0.5, 0.6) is 0 Å². The summed E-state index contributed by atoms with van der Waals surface area (Å²) in [5.41, 5.74) is 6.35. The standard InChI is InChI=1S/C13H20N2O/c1-2-3-10-15(11-9-13(14)16)12-7-5-4-6-8-12/h4-8H,2-3,9-11H2,1H3,(H2,14,16). The van der Waals surface area contributed by atoms with Crippen molar-refractivity contribution in [3.05, 3.63) is 30.3 Å². The van der Waals surface area contributed by atoms with Gasteiger partial charge in [-0.25, -0.2) is 0 Å². The molecule has 3 heteroatoms. The van der Waals surface area contributed by atoms with Gasteiger partial charge in [-0.2, -0.15) is 0 Å². The largest absolute Gasteiger partial charge is 0.371 e. The fourth-order valence-corrected chi connectivity index (χ4v) is 1.60. The molecule has 1 amide bonds. The summed E-state index contributed by atoms with van der Waals surface area (Å²) in [6, 6.07) is 10.2. The third-order valence-electron chi connectivity index (χ3n) is 2.53. The number of primary amides is 1. The van der Waals surface area contributed by atoms with Gasteiger partial charge in [-0.3, -0.25) is 4.79 Å². The molecular weight excluding hydrogens is 200 g/mol. The first-order chi connectivity index (χ1) is 7.74. The van der Waals surface area contributed by atoms with Crippen LogP contribution in [0.25, 0.3) is 0 Å². The molecule has 0 atom stereocenters. The van der Waals surface area contributed by atoms with Crippen LogP contribution in [-0.2, 0) is 4.79 Å². The molecule has 0 unspecified atom stereocenters.